The molecule has 0 aliphatic heterocycles. The van der Waals surface area contributed by atoms with E-state index in [1.807, 2.05) is 0 Å². The maximum absolute atomic E-state index is 2.36. The van der Waals surface area contributed by atoms with Gasteiger partial charge in [0.2, 0.25) is 0 Å². The summed E-state index contributed by atoms with van der Waals surface area (Å²) >= 11 is 0. The Bertz CT molecular complexity index is 50.3. The molecular formula is C6H15Si3. The lowest BCUT2D eigenvalue weighted by Gasteiger charge is -2.06. The highest BCUT2D eigenvalue weighted by Crippen LogP contribution is 1.92. The van der Waals surface area contributed by atoms with E-state index in [1.54, 1.807) is 0 Å². The Hall–Kier alpha value is 0.651. The summed E-state index contributed by atoms with van der Waals surface area (Å²) in [5.41, 5.74) is 0. The molecule has 0 fully saturated rings. The van der Waals surface area contributed by atoms with Gasteiger partial charge in [-0.3, -0.25) is 0 Å². The second-order valence-corrected chi connectivity index (χ2v) is 12.9. The lowest BCUT2D eigenvalue weighted by molar-refractivity contribution is 1.42. The van der Waals surface area contributed by atoms with Gasteiger partial charge in [0.1, 0.15) is 0 Å². The van der Waals surface area contributed by atoms with Crippen LogP contribution >= 0.6 is 0 Å². The molecule has 0 amide bonds. The van der Waals surface area contributed by atoms with E-state index < -0.39 is 0 Å². The topological polar surface area (TPSA) is 0 Å². The van der Waals surface area contributed by atoms with E-state index in [1.165, 1.54) is 36.2 Å². The fourth-order valence-corrected chi connectivity index (χ4v) is 11.0. The summed E-state index contributed by atoms with van der Waals surface area (Å²) in [6, 6.07) is 4.38. The lowest BCUT2D eigenvalue weighted by atomic mass is 11.0. The molecule has 0 spiro atoms. The standard InChI is InChI=1S/C6H15Si3/c1-4-7-9(6-3)8-5-2/h4-6H2,1-3H3. The van der Waals surface area contributed by atoms with Crippen LogP contribution in [0.25, 0.3) is 0 Å². The van der Waals surface area contributed by atoms with E-state index in [-0.39, 0.29) is 7.83 Å². The van der Waals surface area contributed by atoms with E-state index in [0.29, 0.717) is 0 Å². The van der Waals surface area contributed by atoms with E-state index in [4.69, 9.17) is 0 Å². The van der Waals surface area contributed by atoms with E-state index in [0.717, 1.165) is 0 Å². The van der Waals surface area contributed by atoms with Gasteiger partial charge in [-0.25, -0.2) is 0 Å². The Morgan fingerprint density at radius 2 is 1.44 bits per heavy atom. The quantitative estimate of drug-likeness (QED) is 0.553. The molecule has 0 aromatic rings. The average Bonchev–Trinajstić information content (AvgIpc) is 1.88. The SMILES string of the molecule is CC[Si][Si](CC)[Si]CC. The molecule has 0 aliphatic carbocycles. The zero-order valence-corrected chi connectivity index (χ0v) is 9.62. The first-order valence-electron chi connectivity index (χ1n) is 3.68. The first-order valence-corrected chi connectivity index (χ1v) is 9.80. The molecule has 0 saturated heterocycles. The molecule has 3 heteroatoms. The van der Waals surface area contributed by atoms with Crippen LogP contribution in [0.5, 0.6) is 0 Å². The number of hydrogen-bond donors (Lipinski definition) is 0. The van der Waals surface area contributed by atoms with Crippen molar-refractivity contribution >= 4 is 25.9 Å². The fourth-order valence-electron chi connectivity index (χ4n) is 0.739. The minimum atomic E-state index is 0.170. The molecule has 9 heavy (non-hydrogen) atoms. The molecule has 51 valence electrons. The summed E-state index contributed by atoms with van der Waals surface area (Å²) < 4.78 is 0. The zero-order valence-electron chi connectivity index (χ0n) is 6.62. The number of rotatable bonds is 5. The monoisotopic (exact) mass is 171 g/mol. The van der Waals surface area contributed by atoms with Crippen molar-refractivity contribution < 1.29 is 0 Å². The Kier molecular flexibility index (Phi) is 7.26. The highest BCUT2D eigenvalue weighted by molar-refractivity contribution is 7.39. The van der Waals surface area contributed by atoms with Gasteiger partial charge in [0, 0.05) is 25.9 Å². The normalized spacial score (nSPS) is 10.7. The van der Waals surface area contributed by atoms with Crippen molar-refractivity contribution in [3.05, 3.63) is 0 Å². The Morgan fingerprint density at radius 3 is 1.67 bits per heavy atom. The summed E-state index contributed by atoms with van der Waals surface area (Å²) in [4.78, 5) is 0. The summed E-state index contributed by atoms with van der Waals surface area (Å²) in [6.45, 7) is 7.00. The molecule has 0 N–H and O–H groups in total. The van der Waals surface area contributed by atoms with Crippen LogP contribution < -0.4 is 0 Å². The lowest BCUT2D eigenvalue weighted by Crippen LogP contribution is -2.28. The van der Waals surface area contributed by atoms with Crippen LogP contribution in [0.2, 0.25) is 18.1 Å². The largest absolute Gasteiger partial charge is 0.0684 e. The molecule has 0 aromatic carbocycles. The van der Waals surface area contributed by atoms with E-state index in [2.05, 4.69) is 20.8 Å². The maximum Gasteiger partial charge on any atom is 0.0219 e. The summed E-state index contributed by atoms with van der Waals surface area (Å²) in [5, 5.41) is 0. The van der Waals surface area contributed by atoms with E-state index in [9.17, 15) is 0 Å². The van der Waals surface area contributed by atoms with Crippen molar-refractivity contribution in [1.82, 2.24) is 0 Å². The highest BCUT2D eigenvalue weighted by atomic mass is 29.6. The Balaban J connectivity index is 3.18. The summed E-state index contributed by atoms with van der Waals surface area (Å²) in [5.74, 6) is 0. The Morgan fingerprint density at radius 1 is 1.00 bits per heavy atom. The molecular weight excluding hydrogens is 156 g/mol. The minimum absolute atomic E-state index is 0.170. The van der Waals surface area contributed by atoms with Crippen molar-refractivity contribution in [3.63, 3.8) is 0 Å². The average molecular weight is 171 g/mol. The second kappa shape index (κ2) is 6.77. The van der Waals surface area contributed by atoms with Gasteiger partial charge < -0.3 is 0 Å². The third-order valence-electron chi connectivity index (χ3n) is 1.13. The van der Waals surface area contributed by atoms with Gasteiger partial charge >= 0.3 is 0 Å². The zero-order chi connectivity index (χ0) is 7.11. The predicted molar refractivity (Wildman–Crippen MR) is 48.7 cm³/mol. The van der Waals surface area contributed by atoms with Gasteiger partial charge in [0.05, 0.1) is 0 Å². The van der Waals surface area contributed by atoms with Crippen molar-refractivity contribution in [2.75, 3.05) is 0 Å². The summed E-state index contributed by atoms with van der Waals surface area (Å²) in [7, 11) is 2.82. The first kappa shape index (κ1) is 9.65. The van der Waals surface area contributed by atoms with Crippen LogP contribution in [-0.2, 0) is 0 Å². The first-order chi connectivity index (χ1) is 4.35. The molecule has 0 unspecified atom stereocenters. The molecule has 0 saturated carbocycles. The third kappa shape index (κ3) is 5.11. The van der Waals surface area contributed by atoms with Gasteiger partial charge in [-0.05, 0) is 0 Å². The van der Waals surface area contributed by atoms with Crippen LogP contribution in [0.15, 0.2) is 0 Å². The number of hydrogen-bond acceptors (Lipinski definition) is 0. The second-order valence-electron chi connectivity index (χ2n) is 1.89. The molecule has 5 radical (unpaired) electrons. The molecule has 0 aromatic heterocycles. The van der Waals surface area contributed by atoms with Gasteiger partial charge in [-0.1, -0.05) is 38.9 Å². The maximum atomic E-state index is 2.36. The fraction of sp³-hybridized carbons (Fsp3) is 1.00. The van der Waals surface area contributed by atoms with Gasteiger partial charge in [-0.15, -0.1) is 0 Å². The van der Waals surface area contributed by atoms with Crippen LogP contribution in [0, 0.1) is 0 Å². The van der Waals surface area contributed by atoms with Gasteiger partial charge in [0.25, 0.3) is 0 Å². The van der Waals surface area contributed by atoms with Crippen LogP contribution in [0.3, 0.4) is 0 Å². The molecule has 0 rings (SSSR count). The van der Waals surface area contributed by atoms with Crippen LogP contribution in [0.4, 0.5) is 0 Å². The van der Waals surface area contributed by atoms with Crippen molar-refractivity contribution in [2.45, 2.75) is 38.9 Å². The predicted octanol–water partition coefficient (Wildman–Crippen LogP) is 1.78. The van der Waals surface area contributed by atoms with Crippen LogP contribution in [-0.4, -0.2) is 25.9 Å². The smallest absolute Gasteiger partial charge is 0.0219 e. The van der Waals surface area contributed by atoms with Crippen LogP contribution in [0.1, 0.15) is 20.8 Å². The van der Waals surface area contributed by atoms with Crippen molar-refractivity contribution in [2.24, 2.45) is 0 Å². The third-order valence-corrected chi connectivity index (χ3v) is 13.4. The molecule has 0 atom stereocenters. The molecule has 0 heterocycles. The molecule has 0 aliphatic rings. The van der Waals surface area contributed by atoms with Gasteiger partial charge in [-0.2, -0.15) is 0 Å². The van der Waals surface area contributed by atoms with Gasteiger partial charge in [0.15, 0.2) is 0 Å². The summed E-state index contributed by atoms with van der Waals surface area (Å²) in [6.07, 6.45) is 0. The highest BCUT2D eigenvalue weighted by Gasteiger charge is 2.05. The van der Waals surface area contributed by atoms with Crippen molar-refractivity contribution in [3.8, 4) is 0 Å². The van der Waals surface area contributed by atoms with E-state index >= 15 is 0 Å². The Labute approximate surface area is 65.3 Å². The van der Waals surface area contributed by atoms with Crippen molar-refractivity contribution in [1.29, 1.82) is 0 Å². The molecule has 0 nitrogen and oxygen atoms in total. The minimum Gasteiger partial charge on any atom is -0.0684 e. The molecule has 0 bridgehead atoms.